The minimum atomic E-state index is -0.348. The molecule has 0 heterocycles. The summed E-state index contributed by atoms with van der Waals surface area (Å²) in [5.41, 5.74) is 0.949. The SMILES string of the molecule is CC(C)(I)c1ccc(Cl)c(F)c1. The Labute approximate surface area is 90.3 Å². The van der Waals surface area contributed by atoms with Crippen LogP contribution in [0.3, 0.4) is 0 Å². The molecular formula is C9H9ClFI. The van der Waals surface area contributed by atoms with E-state index in [4.69, 9.17) is 11.6 Å². The van der Waals surface area contributed by atoms with Gasteiger partial charge in [0.2, 0.25) is 0 Å². The highest BCUT2D eigenvalue weighted by Gasteiger charge is 2.16. The van der Waals surface area contributed by atoms with Gasteiger partial charge in [0, 0.05) is 3.42 Å². The maximum Gasteiger partial charge on any atom is 0.142 e. The monoisotopic (exact) mass is 298 g/mol. The molecule has 1 aromatic carbocycles. The van der Waals surface area contributed by atoms with Crippen molar-refractivity contribution in [2.75, 3.05) is 0 Å². The second-order valence-electron chi connectivity index (χ2n) is 3.10. The number of halogens is 3. The Hall–Kier alpha value is 0.170. The van der Waals surface area contributed by atoms with Gasteiger partial charge in [0.1, 0.15) is 5.82 Å². The first-order valence-electron chi connectivity index (χ1n) is 3.55. The van der Waals surface area contributed by atoms with Crippen LogP contribution in [0.15, 0.2) is 18.2 Å². The Morgan fingerprint density at radius 3 is 2.42 bits per heavy atom. The van der Waals surface area contributed by atoms with Gasteiger partial charge in [-0.1, -0.05) is 40.3 Å². The molecule has 0 atom stereocenters. The van der Waals surface area contributed by atoms with Crippen LogP contribution >= 0.6 is 34.2 Å². The molecule has 12 heavy (non-hydrogen) atoms. The zero-order valence-electron chi connectivity index (χ0n) is 6.87. The third-order valence-electron chi connectivity index (χ3n) is 1.61. The molecule has 0 fully saturated rings. The van der Waals surface area contributed by atoms with Crippen LogP contribution in [0.1, 0.15) is 19.4 Å². The Kier molecular flexibility index (Phi) is 2.99. The Bertz CT molecular complexity index is 291. The average molecular weight is 299 g/mol. The van der Waals surface area contributed by atoms with E-state index >= 15 is 0 Å². The van der Waals surface area contributed by atoms with Crippen molar-refractivity contribution in [1.82, 2.24) is 0 Å². The van der Waals surface area contributed by atoms with E-state index in [1.807, 2.05) is 19.9 Å². The molecule has 0 aliphatic heterocycles. The lowest BCUT2D eigenvalue weighted by molar-refractivity contribution is 0.623. The third kappa shape index (κ3) is 2.33. The van der Waals surface area contributed by atoms with Crippen molar-refractivity contribution in [3.63, 3.8) is 0 Å². The van der Waals surface area contributed by atoms with Gasteiger partial charge in [-0.2, -0.15) is 0 Å². The topological polar surface area (TPSA) is 0 Å². The van der Waals surface area contributed by atoms with Crippen LogP contribution in [0.25, 0.3) is 0 Å². The smallest absolute Gasteiger partial charge is 0.142 e. The van der Waals surface area contributed by atoms with Crippen LogP contribution in [0.2, 0.25) is 5.02 Å². The van der Waals surface area contributed by atoms with Crippen molar-refractivity contribution in [3.8, 4) is 0 Å². The molecule has 0 unspecified atom stereocenters. The predicted molar refractivity (Wildman–Crippen MR) is 58.5 cm³/mol. The van der Waals surface area contributed by atoms with Gasteiger partial charge < -0.3 is 0 Å². The molecule has 3 heteroatoms. The fourth-order valence-corrected chi connectivity index (χ4v) is 1.32. The van der Waals surface area contributed by atoms with E-state index in [0.29, 0.717) is 0 Å². The molecule has 0 saturated carbocycles. The number of hydrogen-bond donors (Lipinski definition) is 0. The first-order valence-corrected chi connectivity index (χ1v) is 5.01. The summed E-state index contributed by atoms with van der Waals surface area (Å²) >= 11 is 7.81. The minimum Gasteiger partial charge on any atom is -0.205 e. The van der Waals surface area contributed by atoms with E-state index < -0.39 is 0 Å². The maximum atomic E-state index is 13.0. The van der Waals surface area contributed by atoms with E-state index in [1.165, 1.54) is 6.07 Å². The van der Waals surface area contributed by atoms with Crippen LogP contribution in [0.5, 0.6) is 0 Å². The summed E-state index contributed by atoms with van der Waals surface area (Å²) in [6.45, 7) is 4.05. The Morgan fingerprint density at radius 1 is 1.42 bits per heavy atom. The molecule has 0 radical (unpaired) electrons. The van der Waals surface area contributed by atoms with Crippen molar-refractivity contribution in [1.29, 1.82) is 0 Å². The Morgan fingerprint density at radius 2 is 2.00 bits per heavy atom. The van der Waals surface area contributed by atoms with Gasteiger partial charge in [-0.15, -0.1) is 0 Å². The van der Waals surface area contributed by atoms with Gasteiger partial charge in [-0.3, -0.25) is 0 Å². The van der Waals surface area contributed by atoms with Crippen LogP contribution in [0.4, 0.5) is 4.39 Å². The van der Waals surface area contributed by atoms with Crippen LogP contribution in [-0.4, -0.2) is 0 Å². The van der Waals surface area contributed by atoms with Crippen LogP contribution in [-0.2, 0) is 3.42 Å². The van der Waals surface area contributed by atoms with Crippen molar-refractivity contribution in [3.05, 3.63) is 34.6 Å². The predicted octanol–water partition coefficient (Wildman–Crippen LogP) is 4.15. The molecule has 0 aromatic heterocycles. The molecule has 0 aliphatic rings. The van der Waals surface area contributed by atoms with Gasteiger partial charge in [-0.25, -0.2) is 4.39 Å². The fraction of sp³-hybridized carbons (Fsp3) is 0.333. The van der Waals surface area contributed by atoms with Gasteiger partial charge >= 0.3 is 0 Å². The number of benzene rings is 1. The quantitative estimate of drug-likeness (QED) is 0.540. The molecule has 0 saturated heterocycles. The highest BCUT2D eigenvalue weighted by Crippen LogP contribution is 2.32. The Balaban J connectivity index is 3.14. The fourth-order valence-electron chi connectivity index (χ4n) is 0.866. The summed E-state index contributed by atoms with van der Waals surface area (Å²) in [4.78, 5) is 0. The first-order chi connectivity index (χ1) is 5.41. The second kappa shape index (κ2) is 3.50. The molecule has 0 spiro atoms. The average Bonchev–Trinajstić information content (AvgIpc) is 1.92. The van der Waals surface area contributed by atoms with Gasteiger partial charge in [0.15, 0.2) is 0 Å². The molecule has 0 aliphatic carbocycles. The lowest BCUT2D eigenvalue weighted by Gasteiger charge is -2.16. The summed E-state index contributed by atoms with van der Waals surface area (Å²) < 4.78 is 12.9. The first kappa shape index (κ1) is 10.3. The van der Waals surface area contributed by atoms with E-state index in [2.05, 4.69) is 22.6 Å². The van der Waals surface area contributed by atoms with Crippen molar-refractivity contribution < 1.29 is 4.39 Å². The standard InChI is InChI=1S/C9H9ClFI/c1-9(2,12)6-3-4-7(10)8(11)5-6/h3-5H,1-2H3. The zero-order chi connectivity index (χ0) is 9.35. The summed E-state index contributed by atoms with van der Waals surface area (Å²) in [5.74, 6) is -0.348. The molecular weight excluding hydrogens is 289 g/mol. The van der Waals surface area contributed by atoms with Gasteiger partial charge in [-0.05, 0) is 31.5 Å². The summed E-state index contributed by atoms with van der Waals surface area (Å²) in [6, 6.07) is 4.92. The molecule has 0 amide bonds. The number of rotatable bonds is 1. The van der Waals surface area contributed by atoms with Gasteiger partial charge in [0.05, 0.1) is 5.02 Å². The molecule has 1 aromatic rings. The molecule has 0 bridgehead atoms. The number of alkyl halides is 1. The molecule has 0 N–H and O–H groups in total. The second-order valence-corrected chi connectivity index (χ2v) is 6.21. The highest BCUT2D eigenvalue weighted by molar-refractivity contribution is 14.1. The summed E-state index contributed by atoms with van der Waals surface area (Å²) in [6.07, 6.45) is 0. The normalized spacial score (nSPS) is 11.8. The van der Waals surface area contributed by atoms with Crippen LogP contribution < -0.4 is 0 Å². The van der Waals surface area contributed by atoms with Crippen molar-refractivity contribution in [2.24, 2.45) is 0 Å². The van der Waals surface area contributed by atoms with E-state index in [1.54, 1.807) is 6.07 Å². The minimum absolute atomic E-state index is 0.0524. The highest BCUT2D eigenvalue weighted by atomic mass is 127. The third-order valence-corrected chi connectivity index (χ3v) is 2.54. The zero-order valence-corrected chi connectivity index (χ0v) is 9.78. The van der Waals surface area contributed by atoms with Crippen molar-refractivity contribution in [2.45, 2.75) is 17.3 Å². The van der Waals surface area contributed by atoms with E-state index in [9.17, 15) is 4.39 Å². The van der Waals surface area contributed by atoms with Gasteiger partial charge in [0.25, 0.3) is 0 Å². The largest absolute Gasteiger partial charge is 0.205 e. The molecule has 66 valence electrons. The maximum absolute atomic E-state index is 13.0. The van der Waals surface area contributed by atoms with E-state index in [-0.39, 0.29) is 14.3 Å². The summed E-state index contributed by atoms with van der Waals surface area (Å²) in [5, 5.41) is 0.180. The number of hydrogen-bond acceptors (Lipinski definition) is 0. The lowest BCUT2D eigenvalue weighted by Crippen LogP contribution is -2.06. The lowest BCUT2D eigenvalue weighted by atomic mass is 10.0. The van der Waals surface area contributed by atoms with Crippen molar-refractivity contribution >= 4 is 34.2 Å². The van der Waals surface area contributed by atoms with Crippen LogP contribution in [0, 0.1) is 5.82 Å². The summed E-state index contributed by atoms with van der Waals surface area (Å²) in [7, 11) is 0. The molecule has 0 nitrogen and oxygen atoms in total. The molecule has 1 rings (SSSR count). The van der Waals surface area contributed by atoms with E-state index in [0.717, 1.165) is 5.56 Å².